The fraction of sp³-hybridized carbons (Fsp3) is 0.0714. The molecule has 0 aromatic heterocycles. The molecule has 6 heteroatoms. The highest BCUT2D eigenvalue weighted by Crippen LogP contribution is 2.28. The summed E-state index contributed by atoms with van der Waals surface area (Å²) in [4.78, 5) is 12.2. The molecule has 4 N–H and O–H groups in total. The van der Waals surface area contributed by atoms with Gasteiger partial charge in [0.05, 0.1) is 18.4 Å². The van der Waals surface area contributed by atoms with Gasteiger partial charge in [-0.25, -0.2) is 0 Å². The van der Waals surface area contributed by atoms with Crippen LogP contribution in [0.1, 0.15) is 10.4 Å². The third-order valence-electron chi connectivity index (χ3n) is 2.68. The van der Waals surface area contributed by atoms with Crippen LogP contribution in [0, 0.1) is 0 Å². The number of aromatic hydroxyl groups is 1. The zero-order chi connectivity index (χ0) is 14.7. The van der Waals surface area contributed by atoms with Crippen molar-refractivity contribution in [2.75, 3.05) is 18.2 Å². The van der Waals surface area contributed by atoms with Crippen LogP contribution in [0.25, 0.3) is 0 Å². The van der Waals surface area contributed by atoms with E-state index in [0.29, 0.717) is 22.7 Å². The monoisotopic (exact) mass is 336 g/mol. The molecule has 0 bridgehead atoms. The second-order valence-corrected chi connectivity index (χ2v) is 4.99. The number of nitrogen functional groups attached to an aromatic ring is 1. The molecule has 5 nitrogen and oxygen atoms in total. The predicted molar refractivity (Wildman–Crippen MR) is 81.2 cm³/mol. The molecular formula is C14H13BrN2O3. The van der Waals surface area contributed by atoms with Gasteiger partial charge in [0.15, 0.2) is 0 Å². The summed E-state index contributed by atoms with van der Waals surface area (Å²) < 4.78 is 5.87. The molecule has 0 unspecified atom stereocenters. The van der Waals surface area contributed by atoms with Gasteiger partial charge in [0.1, 0.15) is 11.5 Å². The van der Waals surface area contributed by atoms with Crippen molar-refractivity contribution in [2.24, 2.45) is 0 Å². The van der Waals surface area contributed by atoms with E-state index in [0.717, 1.165) is 4.47 Å². The molecule has 1 amide bonds. The molecule has 0 fully saturated rings. The predicted octanol–water partition coefficient (Wildman–Crippen LogP) is 3.00. The number of ether oxygens (including phenoxy) is 1. The summed E-state index contributed by atoms with van der Waals surface area (Å²) in [6.07, 6.45) is 0. The maximum absolute atomic E-state index is 12.2. The van der Waals surface area contributed by atoms with Crippen LogP contribution in [0.15, 0.2) is 40.9 Å². The third kappa shape index (κ3) is 3.03. The summed E-state index contributed by atoms with van der Waals surface area (Å²) in [5.74, 6) is -0.0387. The van der Waals surface area contributed by atoms with Crippen LogP contribution in [0.2, 0.25) is 0 Å². The van der Waals surface area contributed by atoms with Crippen molar-refractivity contribution in [2.45, 2.75) is 0 Å². The maximum atomic E-state index is 12.2. The Morgan fingerprint density at radius 3 is 2.75 bits per heavy atom. The SMILES string of the molecule is COc1cc(N)ccc1C(=O)Nc1cc(Br)ccc1O. The topological polar surface area (TPSA) is 84.6 Å². The van der Waals surface area contributed by atoms with Crippen molar-refractivity contribution in [3.8, 4) is 11.5 Å². The van der Waals surface area contributed by atoms with Crippen LogP contribution >= 0.6 is 15.9 Å². The molecule has 0 saturated heterocycles. The van der Waals surface area contributed by atoms with E-state index in [1.165, 1.54) is 13.2 Å². The average molecular weight is 337 g/mol. The standard InChI is InChI=1S/C14H13BrN2O3/c1-20-13-7-9(16)3-4-10(13)14(19)17-11-6-8(15)2-5-12(11)18/h2-7,18H,16H2,1H3,(H,17,19). The number of hydrogen-bond donors (Lipinski definition) is 3. The minimum Gasteiger partial charge on any atom is -0.506 e. The van der Waals surface area contributed by atoms with Crippen LogP contribution in [0.5, 0.6) is 11.5 Å². The largest absolute Gasteiger partial charge is 0.506 e. The molecule has 104 valence electrons. The van der Waals surface area contributed by atoms with E-state index in [4.69, 9.17) is 10.5 Å². The molecular weight excluding hydrogens is 324 g/mol. The Morgan fingerprint density at radius 1 is 1.30 bits per heavy atom. The Labute approximate surface area is 124 Å². The number of phenols is 1. The molecule has 0 aliphatic heterocycles. The third-order valence-corrected chi connectivity index (χ3v) is 3.17. The van der Waals surface area contributed by atoms with Crippen molar-refractivity contribution in [1.29, 1.82) is 0 Å². The maximum Gasteiger partial charge on any atom is 0.259 e. The smallest absolute Gasteiger partial charge is 0.259 e. The Hall–Kier alpha value is -2.21. The van der Waals surface area contributed by atoms with Crippen molar-refractivity contribution in [1.82, 2.24) is 0 Å². The molecule has 0 heterocycles. The first-order valence-corrected chi connectivity index (χ1v) is 6.54. The van der Waals surface area contributed by atoms with E-state index in [2.05, 4.69) is 21.2 Å². The van der Waals surface area contributed by atoms with Gasteiger partial charge in [0.25, 0.3) is 5.91 Å². The number of nitrogens with one attached hydrogen (secondary N) is 1. The number of benzene rings is 2. The van der Waals surface area contributed by atoms with Gasteiger partial charge in [0.2, 0.25) is 0 Å². The molecule has 0 spiro atoms. The van der Waals surface area contributed by atoms with Crippen molar-refractivity contribution >= 4 is 33.2 Å². The van der Waals surface area contributed by atoms with E-state index in [1.54, 1.807) is 30.3 Å². The Balaban J connectivity index is 2.30. The van der Waals surface area contributed by atoms with Crippen LogP contribution in [0.4, 0.5) is 11.4 Å². The normalized spacial score (nSPS) is 10.1. The fourth-order valence-electron chi connectivity index (χ4n) is 1.69. The number of amides is 1. The highest BCUT2D eigenvalue weighted by atomic mass is 79.9. The van der Waals surface area contributed by atoms with Gasteiger partial charge >= 0.3 is 0 Å². The Bertz CT molecular complexity index is 659. The highest BCUT2D eigenvalue weighted by Gasteiger charge is 2.14. The van der Waals surface area contributed by atoms with Crippen molar-refractivity contribution in [3.05, 3.63) is 46.4 Å². The molecule has 20 heavy (non-hydrogen) atoms. The first-order valence-electron chi connectivity index (χ1n) is 5.74. The van der Waals surface area contributed by atoms with Gasteiger partial charge in [-0.2, -0.15) is 0 Å². The molecule has 0 saturated carbocycles. The Morgan fingerprint density at radius 2 is 2.05 bits per heavy atom. The summed E-state index contributed by atoms with van der Waals surface area (Å²) >= 11 is 3.28. The van der Waals surface area contributed by atoms with Gasteiger partial charge in [-0.3, -0.25) is 4.79 Å². The van der Waals surface area contributed by atoms with Crippen LogP contribution in [-0.4, -0.2) is 18.1 Å². The number of carbonyl (C=O) groups is 1. The fourth-order valence-corrected chi connectivity index (χ4v) is 2.05. The van der Waals surface area contributed by atoms with Crippen LogP contribution in [0.3, 0.4) is 0 Å². The summed E-state index contributed by atoms with van der Waals surface area (Å²) in [7, 11) is 1.46. The number of carbonyl (C=O) groups excluding carboxylic acids is 1. The number of halogens is 1. The molecule has 0 radical (unpaired) electrons. The van der Waals surface area contributed by atoms with Gasteiger partial charge in [-0.05, 0) is 30.3 Å². The number of hydrogen-bond acceptors (Lipinski definition) is 4. The summed E-state index contributed by atoms with van der Waals surface area (Å²) in [5, 5.41) is 12.3. The molecule has 0 atom stereocenters. The lowest BCUT2D eigenvalue weighted by Crippen LogP contribution is -2.13. The number of phenolic OH excluding ortho intramolecular Hbond substituents is 1. The second kappa shape index (κ2) is 5.83. The molecule has 2 aromatic rings. The number of nitrogens with two attached hydrogens (primary N) is 1. The zero-order valence-corrected chi connectivity index (χ0v) is 12.3. The van der Waals surface area contributed by atoms with Crippen molar-refractivity contribution < 1.29 is 14.6 Å². The lowest BCUT2D eigenvalue weighted by molar-refractivity contribution is 0.102. The van der Waals surface area contributed by atoms with E-state index in [-0.39, 0.29) is 5.75 Å². The quantitative estimate of drug-likeness (QED) is 0.594. The number of rotatable bonds is 3. The van der Waals surface area contributed by atoms with E-state index >= 15 is 0 Å². The van der Waals surface area contributed by atoms with E-state index in [1.807, 2.05) is 0 Å². The summed E-state index contributed by atoms with van der Waals surface area (Å²) in [6, 6.07) is 9.51. The van der Waals surface area contributed by atoms with Gasteiger partial charge < -0.3 is 20.9 Å². The first kappa shape index (κ1) is 14.2. The van der Waals surface area contributed by atoms with Crippen LogP contribution in [-0.2, 0) is 0 Å². The average Bonchev–Trinajstić information content (AvgIpc) is 2.42. The van der Waals surface area contributed by atoms with E-state index in [9.17, 15) is 9.90 Å². The lowest BCUT2D eigenvalue weighted by atomic mass is 10.1. The molecule has 2 rings (SSSR count). The van der Waals surface area contributed by atoms with Gasteiger partial charge in [-0.1, -0.05) is 15.9 Å². The minimum absolute atomic E-state index is 0.0176. The van der Waals surface area contributed by atoms with Crippen molar-refractivity contribution in [3.63, 3.8) is 0 Å². The molecule has 0 aliphatic rings. The van der Waals surface area contributed by atoms with E-state index < -0.39 is 5.91 Å². The first-order chi connectivity index (χ1) is 9.51. The summed E-state index contributed by atoms with van der Waals surface area (Å²) in [5.41, 5.74) is 6.79. The summed E-state index contributed by atoms with van der Waals surface area (Å²) in [6.45, 7) is 0. The Kier molecular flexibility index (Phi) is 4.14. The zero-order valence-electron chi connectivity index (χ0n) is 10.7. The van der Waals surface area contributed by atoms with Crippen LogP contribution < -0.4 is 15.8 Å². The molecule has 2 aromatic carbocycles. The number of anilines is 2. The highest BCUT2D eigenvalue weighted by molar-refractivity contribution is 9.10. The molecule has 0 aliphatic carbocycles. The minimum atomic E-state index is -0.393. The lowest BCUT2D eigenvalue weighted by Gasteiger charge is -2.11. The van der Waals surface area contributed by atoms with Gasteiger partial charge in [0, 0.05) is 16.2 Å². The second-order valence-electron chi connectivity index (χ2n) is 4.08. The van der Waals surface area contributed by atoms with Gasteiger partial charge in [-0.15, -0.1) is 0 Å². The number of methoxy groups -OCH3 is 1.